The number of amides is 2. The molecule has 2 amide bonds. The van der Waals surface area contributed by atoms with Gasteiger partial charge in [0.2, 0.25) is 21.8 Å². The number of fused-ring (bicyclic) bond motifs is 1. The van der Waals surface area contributed by atoms with E-state index in [9.17, 15) is 18.0 Å². The number of nitrogens with one attached hydrogen (secondary N) is 2. The molecular formula is C17H23N3O4S. The van der Waals surface area contributed by atoms with E-state index in [0.29, 0.717) is 24.3 Å². The van der Waals surface area contributed by atoms with Crippen LogP contribution in [0.1, 0.15) is 32.3 Å². The number of sulfonamides is 1. The molecule has 0 spiro atoms. The Hall–Kier alpha value is -1.93. The lowest BCUT2D eigenvalue weighted by Gasteiger charge is -2.26. The summed E-state index contributed by atoms with van der Waals surface area (Å²) in [7, 11) is -3.85. The molecule has 3 rings (SSSR count). The predicted octanol–water partition coefficient (Wildman–Crippen LogP) is 1.11. The zero-order valence-corrected chi connectivity index (χ0v) is 15.2. The molecule has 0 radical (unpaired) electrons. The Bertz CT molecular complexity index is 798. The van der Waals surface area contributed by atoms with E-state index < -0.39 is 16.1 Å². The molecule has 0 saturated carbocycles. The molecular weight excluding hydrogens is 342 g/mol. The first-order chi connectivity index (χ1) is 11.8. The average molecular weight is 365 g/mol. The molecule has 7 nitrogen and oxygen atoms in total. The van der Waals surface area contributed by atoms with Crippen LogP contribution in [0.15, 0.2) is 23.1 Å². The monoisotopic (exact) mass is 365 g/mol. The summed E-state index contributed by atoms with van der Waals surface area (Å²) in [4.78, 5) is 25.9. The Morgan fingerprint density at radius 1 is 1.24 bits per heavy atom. The highest BCUT2D eigenvalue weighted by molar-refractivity contribution is 7.89. The van der Waals surface area contributed by atoms with Gasteiger partial charge in [0, 0.05) is 18.8 Å². The van der Waals surface area contributed by atoms with Crippen LogP contribution in [0.3, 0.4) is 0 Å². The van der Waals surface area contributed by atoms with Gasteiger partial charge in [-0.1, -0.05) is 13.8 Å². The van der Waals surface area contributed by atoms with E-state index in [-0.39, 0.29) is 29.0 Å². The lowest BCUT2D eigenvalue weighted by atomic mass is 10.0. The van der Waals surface area contributed by atoms with Crippen LogP contribution in [0.4, 0.5) is 5.69 Å². The average Bonchev–Trinajstić information content (AvgIpc) is 3.19. The van der Waals surface area contributed by atoms with Gasteiger partial charge < -0.3 is 10.2 Å². The van der Waals surface area contributed by atoms with E-state index in [1.54, 1.807) is 11.0 Å². The van der Waals surface area contributed by atoms with Gasteiger partial charge in [0.1, 0.15) is 6.04 Å². The maximum absolute atomic E-state index is 12.8. The first-order valence-electron chi connectivity index (χ1n) is 8.52. The van der Waals surface area contributed by atoms with Crippen LogP contribution in [0.2, 0.25) is 0 Å². The van der Waals surface area contributed by atoms with Gasteiger partial charge in [-0.05, 0) is 42.5 Å². The van der Waals surface area contributed by atoms with Crippen LogP contribution in [-0.2, 0) is 26.0 Å². The van der Waals surface area contributed by atoms with E-state index >= 15 is 0 Å². The molecule has 1 aromatic rings. The minimum atomic E-state index is -3.85. The first-order valence-corrected chi connectivity index (χ1v) is 10.00. The lowest BCUT2D eigenvalue weighted by molar-refractivity contribution is -0.132. The first kappa shape index (κ1) is 17.9. The normalized spacial score (nSPS) is 18.4. The van der Waals surface area contributed by atoms with E-state index in [4.69, 9.17) is 0 Å². The van der Waals surface area contributed by atoms with Crippen LogP contribution in [0, 0.1) is 5.92 Å². The standard InChI is InChI=1S/C17H23N3O4S/c1-11(2)16(17(22)20-7-3-4-8-20)19-25(23,24)13-5-6-14-12(9-13)10-15(21)18-14/h5-6,9,11,16,19H,3-4,7-8,10H2,1-2H3,(H,18,21)/t16-/m0/s1. The van der Waals surface area contributed by atoms with Crippen molar-refractivity contribution in [1.29, 1.82) is 0 Å². The molecule has 2 N–H and O–H groups in total. The summed E-state index contributed by atoms with van der Waals surface area (Å²) in [6.45, 7) is 5.01. The summed E-state index contributed by atoms with van der Waals surface area (Å²) in [5, 5.41) is 2.68. The number of hydrogen-bond donors (Lipinski definition) is 2. The highest BCUT2D eigenvalue weighted by atomic mass is 32.2. The second kappa shape index (κ2) is 6.76. The van der Waals surface area contributed by atoms with Gasteiger partial charge in [-0.2, -0.15) is 4.72 Å². The zero-order chi connectivity index (χ0) is 18.2. The summed E-state index contributed by atoms with van der Waals surface area (Å²) in [6.07, 6.45) is 2.07. The van der Waals surface area contributed by atoms with Crippen molar-refractivity contribution < 1.29 is 18.0 Å². The number of carbonyl (C=O) groups is 2. The van der Waals surface area contributed by atoms with Crippen molar-refractivity contribution in [3.8, 4) is 0 Å². The third-order valence-electron chi connectivity index (χ3n) is 4.64. The molecule has 0 aliphatic carbocycles. The summed E-state index contributed by atoms with van der Waals surface area (Å²) >= 11 is 0. The lowest BCUT2D eigenvalue weighted by Crippen LogP contribution is -2.50. The summed E-state index contributed by atoms with van der Waals surface area (Å²) in [5.74, 6) is -0.489. The van der Waals surface area contributed by atoms with Crippen molar-refractivity contribution in [3.05, 3.63) is 23.8 Å². The van der Waals surface area contributed by atoms with Gasteiger partial charge in [-0.3, -0.25) is 9.59 Å². The molecule has 1 aromatic carbocycles. The molecule has 0 unspecified atom stereocenters. The number of rotatable bonds is 5. The van der Waals surface area contributed by atoms with Crippen molar-refractivity contribution >= 4 is 27.5 Å². The molecule has 0 aromatic heterocycles. The Labute approximate surface area is 147 Å². The van der Waals surface area contributed by atoms with Crippen molar-refractivity contribution in [2.75, 3.05) is 18.4 Å². The largest absolute Gasteiger partial charge is 0.341 e. The minimum Gasteiger partial charge on any atom is -0.341 e. The summed E-state index contributed by atoms with van der Waals surface area (Å²) in [5.41, 5.74) is 1.29. The third kappa shape index (κ3) is 3.69. The second-order valence-electron chi connectivity index (χ2n) is 6.92. The fourth-order valence-electron chi connectivity index (χ4n) is 3.21. The minimum absolute atomic E-state index is 0.0719. The van der Waals surface area contributed by atoms with Crippen LogP contribution in [0.25, 0.3) is 0 Å². The fourth-order valence-corrected chi connectivity index (χ4v) is 4.60. The van der Waals surface area contributed by atoms with Crippen LogP contribution in [0.5, 0.6) is 0 Å². The smallest absolute Gasteiger partial charge is 0.241 e. The van der Waals surface area contributed by atoms with Crippen molar-refractivity contribution in [2.24, 2.45) is 5.92 Å². The van der Waals surface area contributed by atoms with E-state index in [1.807, 2.05) is 13.8 Å². The van der Waals surface area contributed by atoms with Gasteiger partial charge in [0.05, 0.1) is 11.3 Å². The van der Waals surface area contributed by atoms with Gasteiger partial charge in [0.15, 0.2) is 0 Å². The van der Waals surface area contributed by atoms with Gasteiger partial charge in [0.25, 0.3) is 0 Å². The topological polar surface area (TPSA) is 95.6 Å². The van der Waals surface area contributed by atoms with E-state index in [1.165, 1.54) is 12.1 Å². The molecule has 2 aliphatic rings. The summed E-state index contributed by atoms with van der Waals surface area (Å²) < 4.78 is 28.1. The fraction of sp³-hybridized carbons (Fsp3) is 0.529. The number of nitrogens with zero attached hydrogens (tertiary/aromatic N) is 1. The molecule has 2 heterocycles. The Morgan fingerprint density at radius 2 is 1.92 bits per heavy atom. The quantitative estimate of drug-likeness (QED) is 0.817. The van der Waals surface area contributed by atoms with Gasteiger partial charge in [-0.15, -0.1) is 0 Å². The van der Waals surface area contributed by atoms with E-state index in [0.717, 1.165) is 12.8 Å². The Balaban J connectivity index is 1.82. The molecule has 25 heavy (non-hydrogen) atoms. The highest BCUT2D eigenvalue weighted by Gasteiger charge is 2.33. The molecule has 1 fully saturated rings. The Kier molecular flexibility index (Phi) is 4.83. The van der Waals surface area contributed by atoms with Crippen LogP contribution in [-0.4, -0.2) is 44.3 Å². The second-order valence-corrected chi connectivity index (χ2v) is 8.63. The third-order valence-corrected chi connectivity index (χ3v) is 6.08. The zero-order valence-electron chi connectivity index (χ0n) is 14.4. The maximum Gasteiger partial charge on any atom is 0.241 e. The van der Waals surface area contributed by atoms with Crippen molar-refractivity contribution in [1.82, 2.24) is 9.62 Å². The SMILES string of the molecule is CC(C)[C@H](NS(=O)(=O)c1ccc2c(c1)CC(=O)N2)C(=O)N1CCCC1. The van der Waals surface area contributed by atoms with Crippen molar-refractivity contribution in [3.63, 3.8) is 0 Å². The molecule has 136 valence electrons. The number of carbonyl (C=O) groups excluding carboxylic acids is 2. The number of benzene rings is 1. The molecule has 2 aliphatic heterocycles. The molecule has 1 saturated heterocycles. The number of anilines is 1. The summed E-state index contributed by atoms with van der Waals surface area (Å²) in [6, 6.07) is 3.73. The molecule has 1 atom stereocenters. The predicted molar refractivity (Wildman–Crippen MR) is 93.5 cm³/mol. The van der Waals surface area contributed by atoms with Gasteiger partial charge in [-0.25, -0.2) is 8.42 Å². The molecule has 8 heteroatoms. The number of hydrogen-bond acceptors (Lipinski definition) is 4. The van der Waals surface area contributed by atoms with E-state index in [2.05, 4.69) is 10.0 Å². The van der Waals surface area contributed by atoms with Gasteiger partial charge >= 0.3 is 0 Å². The molecule has 0 bridgehead atoms. The highest BCUT2D eigenvalue weighted by Crippen LogP contribution is 2.26. The Morgan fingerprint density at radius 3 is 2.56 bits per heavy atom. The van der Waals surface area contributed by atoms with Crippen LogP contribution < -0.4 is 10.0 Å². The van der Waals surface area contributed by atoms with Crippen LogP contribution >= 0.6 is 0 Å². The van der Waals surface area contributed by atoms with Crippen molar-refractivity contribution in [2.45, 2.75) is 44.0 Å². The number of likely N-dealkylation sites (tertiary alicyclic amines) is 1. The maximum atomic E-state index is 12.8.